The predicted molar refractivity (Wildman–Crippen MR) is 114 cm³/mol. The third kappa shape index (κ3) is 5.76. The molecule has 2 aromatic rings. The smallest absolute Gasteiger partial charge is 0.338 e. The third-order valence-electron chi connectivity index (χ3n) is 4.75. The number of furan rings is 1. The lowest BCUT2D eigenvalue weighted by Gasteiger charge is -2.28. The van der Waals surface area contributed by atoms with E-state index in [0.717, 1.165) is 16.2 Å². The van der Waals surface area contributed by atoms with Crippen LogP contribution in [0.25, 0.3) is 0 Å². The Morgan fingerprint density at radius 3 is 2.68 bits per heavy atom. The first kappa shape index (κ1) is 22.2. The van der Waals surface area contributed by atoms with Crippen molar-refractivity contribution in [2.75, 3.05) is 26.8 Å². The number of urea groups is 1. The summed E-state index contributed by atoms with van der Waals surface area (Å²) in [5.41, 5.74) is 1.97. The molecule has 1 aromatic carbocycles. The molecule has 8 heteroatoms. The summed E-state index contributed by atoms with van der Waals surface area (Å²) in [5, 5.41) is 5.53. The number of hydrogen-bond donors (Lipinski definition) is 3. The van der Waals surface area contributed by atoms with Crippen molar-refractivity contribution in [3.05, 3.63) is 77.9 Å². The fourth-order valence-corrected chi connectivity index (χ4v) is 3.45. The van der Waals surface area contributed by atoms with Crippen molar-refractivity contribution in [2.24, 2.45) is 0 Å². The molecule has 0 saturated heterocycles. The number of rotatable bonds is 10. The molecule has 0 saturated carbocycles. The topological polar surface area (TPSA) is 94.2 Å². The molecule has 1 aliphatic rings. The summed E-state index contributed by atoms with van der Waals surface area (Å²) in [6.45, 7) is 7.19. The molecule has 0 aliphatic carbocycles. The Kier molecular flexibility index (Phi) is 7.50. The van der Waals surface area contributed by atoms with Gasteiger partial charge in [-0.1, -0.05) is 12.7 Å². The number of amides is 2. The second-order valence-corrected chi connectivity index (χ2v) is 7.21. The number of ether oxygens (including phenoxy) is 2. The van der Waals surface area contributed by atoms with E-state index in [-0.39, 0.29) is 12.6 Å². The van der Waals surface area contributed by atoms with Crippen LogP contribution in [0.2, 0.25) is 0 Å². The molecule has 0 bridgehead atoms. The van der Waals surface area contributed by atoms with Gasteiger partial charge in [0.15, 0.2) is 0 Å². The lowest BCUT2D eigenvalue weighted by Crippen LogP contribution is -3.08. The largest absolute Gasteiger partial charge is 0.490 e. The highest BCUT2D eigenvalue weighted by Crippen LogP contribution is 2.27. The Balaban J connectivity index is 1.79. The number of hydrogen-bond acceptors (Lipinski definition) is 5. The maximum Gasteiger partial charge on any atom is 0.338 e. The van der Waals surface area contributed by atoms with Crippen molar-refractivity contribution < 1.29 is 28.4 Å². The SMILES string of the molecule is C=CCOc1ccc(C[NH+](C)CC2=C(C(=O)OCC)[C@@H](c3ccco3)NC(=O)N2)cc1. The highest BCUT2D eigenvalue weighted by molar-refractivity contribution is 5.95. The lowest BCUT2D eigenvalue weighted by molar-refractivity contribution is -0.889. The first-order valence-corrected chi connectivity index (χ1v) is 10.2. The molecular formula is C23H28N3O5+. The maximum atomic E-state index is 12.7. The molecule has 8 nitrogen and oxygen atoms in total. The van der Waals surface area contributed by atoms with Gasteiger partial charge < -0.3 is 29.4 Å². The van der Waals surface area contributed by atoms with Gasteiger partial charge in [-0.15, -0.1) is 0 Å². The normalized spacial score (nSPS) is 16.8. The quantitative estimate of drug-likeness (QED) is 0.397. The Morgan fingerprint density at radius 1 is 1.26 bits per heavy atom. The summed E-state index contributed by atoms with van der Waals surface area (Å²) >= 11 is 0. The maximum absolute atomic E-state index is 12.7. The van der Waals surface area contributed by atoms with E-state index < -0.39 is 12.0 Å². The van der Waals surface area contributed by atoms with Gasteiger partial charge in [-0.3, -0.25) is 0 Å². The minimum absolute atomic E-state index is 0.234. The number of benzene rings is 1. The van der Waals surface area contributed by atoms with Gasteiger partial charge in [0.1, 0.15) is 37.2 Å². The van der Waals surface area contributed by atoms with E-state index >= 15 is 0 Å². The minimum atomic E-state index is -0.702. The van der Waals surface area contributed by atoms with Crippen LogP contribution >= 0.6 is 0 Å². The second kappa shape index (κ2) is 10.5. The van der Waals surface area contributed by atoms with E-state index in [2.05, 4.69) is 17.2 Å². The summed E-state index contributed by atoms with van der Waals surface area (Å²) in [7, 11) is 1.99. The van der Waals surface area contributed by atoms with Crippen molar-refractivity contribution >= 4 is 12.0 Å². The van der Waals surface area contributed by atoms with Gasteiger partial charge >= 0.3 is 12.0 Å². The average molecular weight is 426 g/mol. The van der Waals surface area contributed by atoms with Crippen LogP contribution in [0.1, 0.15) is 24.3 Å². The van der Waals surface area contributed by atoms with Gasteiger partial charge in [0.2, 0.25) is 0 Å². The molecule has 2 amide bonds. The average Bonchev–Trinajstić information content (AvgIpc) is 3.27. The number of likely N-dealkylation sites (N-methyl/N-ethyl adjacent to an activating group) is 1. The number of quaternary nitrogens is 1. The summed E-state index contributed by atoms with van der Waals surface area (Å²) < 4.78 is 16.2. The number of carbonyl (C=O) groups excluding carboxylic acids is 2. The molecule has 31 heavy (non-hydrogen) atoms. The van der Waals surface area contributed by atoms with Gasteiger partial charge in [-0.05, 0) is 43.3 Å². The molecule has 0 spiro atoms. The summed E-state index contributed by atoms with van der Waals surface area (Å²) in [4.78, 5) is 26.1. The number of nitrogens with one attached hydrogen (secondary N) is 3. The standard InChI is InChI=1S/C23H27N3O5/c1-4-12-30-17-10-8-16(9-11-17)14-26(3)15-18-20(22(27)29-5-2)21(25-23(28)24-18)19-7-6-13-31-19/h4,6-11,13,21H,1,5,12,14-15H2,2-3H3,(H2,24,25,28)/p+1/t21-/m1/s1. The fraction of sp³-hybridized carbons (Fsp3) is 0.304. The Hall–Kier alpha value is -3.52. The van der Waals surface area contributed by atoms with Gasteiger partial charge in [-0.25, -0.2) is 9.59 Å². The van der Waals surface area contributed by atoms with Crippen molar-refractivity contribution in [3.8, 4) is 5.75 Å². The molecule has 164 valence electrons. The summed E-state index contributed by atoms with van der Waals surface area (Å²) in [6.07, 6.45) is 3.20. The van der Waals surface area contributed by atoms with Crippen LogP contribution in [0.15, 0.2) is 71.0 Å². The summed E-state index contributed by atoms with van der Waals surface area (Å²) in [6, 6.07) is 10.2. The molecule has 1 aliphatic heterocycles. The molecule has 3 N–H and O–H groups in total. The van der Waals surface area contributed by atoms with Crippen molar-refractivity contribution in [3.63, 3.8) is 0 Å². The van der Waals surface area contributed by atoms with Crippen LogP contribution in [-0.4, -0.2) is 38.8 Å². The van der Waals surface area contributed by atoms with Crippen molar-refractivity contribution in [1.29, 1.82) is 0 Å². The van der Waals surface area contributed by atoms with Crippen molar-refractivity contribution in [2.45, 2.75) is 19.5 Å². The van der Waals surface area contributed by atoms with E-state index in [9.17, 15) is 9.59 Å². The molecule has 2 heterocycles. The predicted octanol–water partition coefficient (Wildman–Crippen LogP) is 1.73. The van der Waals surface area contributed by atoms with Crippen LogP contribution in [0.3, 0.4) is 0 Å². The monoisotopic (exact) mass is 426 g/mol. The van der Waals surface area contributed by atoms with Crippen LogP contribution in [-0.2, 0) is 16.1 Å². The van der Waals surface area contributed by atoms with E-state index in [1.165, 1.54) is 6.26 Å². The van der Waals surface area contributed by atoms with Crippen LogP contribution in [0, 0.1) is 0 Å². The Labute approximate surface area is 181 Å². The molecule has 0 fully saturated rings. The Bertz CT molecular complexity index is 935. The first-order valence-electron chi connectivity index (χ1n) is 10.2. The molecular weight excluding hydrogens is 398 g/mol. The number of esters is 1. The van der Waals surface area contributed by atoms with E-state index in [1.54, 1.807) is 25.1 Å². The van der Waals surface area contributed by atoms with Gasteiger partial charge in [0, 0.05) is 5.56 Å². The molecule has 1 aromatic heterocycles. The second-order valence-electron chi connectivity index (χ2n) is 7.21. The van der Waals surface area contributed by atoms with Crippen LogP contribution < -0.4 is 20.3 Å². The van der Waals surface area contributed by atoms with Gasteiger partial charge in [-0.2, -0.15) is 0 Å². The zero-order valence-corrected chi connectivity index (χ0v) is 17.8. The van der Waals surface area contributed by atoms with E-state index in [1.807, 2.05) is 31.3 Å². The van der Waals surface area contributed by atoms with Gasteiger partial charge in [0.05, 0.1) is 31.2 Å². The highest BCUT2D eigenvalue weighted by atomic mass is 16.5. The minimum Gasteiger partial charge on any atom is -0.490 e. The van der Waals surface area contributed by atoms with E-state index in [0.29, 0.717) is 36.7 Å². The lowest BCUT2D eigenvalue weighted by atomic mass is 10.00. The molecule has 0 radical (unpaired) electrons. The molecule has 3 rings (SSSR count). The first-order chi connectivity index (χ1) is 15.0. The van der Waals surface area contributed by atoms with Crippen LogP contribution in [0.5, 0.6) is 5.75 Å². The number of carbonyl (C=O) groups is 2. The highest BCUT2D eigenvalue weighted by Gasteiger charge is 2.36. The Morgan fingerprint density at radius 2 is 2.03 bits per heavy atom. The molecule has 2 atom stereocenters. The fourth-order valence-electron chi connectivity index (χ4n) is 3.45. The summed E-state index contributed by atoms with van der Waals surface area (Å²) in [5.74, 6) is 0.770. The third-order valence-corrected chi connectivity index (χ3v) is 4.75. The van der Waals surface area contributed by atoms with E-state index in [4.69, 9.17) is 13.9 Å². The van der Waals surface area contributed by atoms with Crippen LogP contribution in [0.4, 0.5) is 4.79 Å². The zero-order valence-electron chi connectivity index (χ0n) is 17.8. The van der Waals surface area contributed by atoms with Crippen molar-refractivity contribution in [1.82, 2.24) is 10.6 Å². The zero-order chi connectivity index (χ0) is 22.2. The molecule has 1 unspecified atom stereocenters. The van der Waals surface area contributed by atoms with Gasteiger partial charge in [0.25, 0.3) is 0 Å².